The van der Waals surface area contributed by atoms with Gasteiger partial charge >= 0.3 is 0 Å². The molecule has 0 aromatic heterocycles. The average molecular weight is 389 g/mol. The van der Waals surface area contributed by atoms with Crippen LogP contribution in [0.5, 0.6) is 0 Å². The predicted molar refractivity (Wildman–Crippen MR) is 102 cm³/mol. The quantitative estimate of drug-likeness (QED) is 0.519. The molecule has 1 amide bonds. The third kappa shape index (κ3) is 4.61. The summed E-state index contributed by atoms with van der Waals surface area (Å²) in [6.45, 7) is 4.80. The number of nitrogens with zero attached hydrogens (tertiary/aromatic N) is 1. The summed E-state index contributed by atoms with van der Waals surface area (Å²) in [6.07, 6.45) is 1.74. The predicted octanol–water partition coefficient (Wildman–Crippen LogP) is 0.297. The van der Waals surface area contributed by atoms with E-state index in [1.807, 2.05) is 7.05 Å². The lowest BCUT2D eigenvalue weighted by Crippen LogP contribution is -2.58. The van der Waals surface area contributed by atoms with E-state index in [4.69, 9.17) is 4.74 Å². The molecule has 0 unspecified atom stereocenters. The minimum Gasteiger partial charge on any atom is -0.387 e. The first-order valence-corrected chi connectivity index (χ1v) is 10.5. The van der Waals surface area contributed by atoms with Crippen LogP contribution in [0.1, 0.15) is 33.1 Å². The molecule has 4 N–H and O–H groups in total. The molecule has 7 nitrogen and oxygen atoms in total. The van der Waals surface area contributed by atoms with Crippen LogP contribution in [0.2, 0.25) is 0 Å². The lowest BCUT2D eigenvalue weighted by atomic mass is 9.97. The highest BCUT2D eigenvalue weighted by molar-refractivity contribution is 7.99. The van der Waals surface area contributed by atoms with Crippen molar-refractivity contribution in [2.24, 2.45) is 5.92 Å². The first-order valence-electron chi connectivity index (χ1n) is 9.23. The molecular weight excluding hydrogens is 356 g/mol. The fraction of sp³-hybridized carbons (Fsp3) is 0.833. The van der Waals surface area contributed by atoms with E-state index in [0.29, 0.717) is 11.6 Å². The number of hydrogen-bond acceptors (Lipinski definition) is 7. The van der Waals surface area contributed by atoms with Crippen molar-refractivity contribution in [2.45, 2.75) is 69.0 Å². The van der Waals surface area contributed by atoms with Crippen molar-refractivity contribution in [1.29, 1.82) is 0 Å². The highest BCUT2D eigenvalue weighted by Crippen LogP contribution is 2.30. The van der Waals surface area contributed by atoms with E-state index in [1.165, 1.54) is 11.8 Å². The molecule has 2 aliphatic rings. The summed E-state index contributed by atoms with van der Waals surface area (Å²) in [4.78, 5) is 14.8. The van der Waals surface area contributed by atoms with Crippen molar-refractivity contribution in [2.75, 3.05) is 19.8 Å². The Morgan fingerprint density at radius 1 is 1.31 bits per heavy atom. The third-order valence-electron chi connectivity index (χ3n) is 5.32. The number of carbonyl (C=O) groups is 1. The Morgan fingerprint density at radius 2 is 2.00 bits per heavy atom. The number of likely N-dealkylation sites (tertiary alicyclic amines) is 1. The normalized spacial score (nSPS) is 39.2. The van der Waals surface area contributed by atoms with Crippen LogP contribution in [0.4, 0.5) is 0 Å². The maximum atomic E-state index is 12.8. The lowest BCUT2D eigenvalue weighted by molar-refractivity contribution is -0.188. The molecule has 0 saturated carbocycles. The van der Waals surface area contributed by atoms with E-state index in [2.05, 4.69) is 17.1 Å². The number of nitrogens with one attached hydrogen (secondary N) is 1. The smallest absolute Gasteiger partial charge is 0.241 e. The molecule has 2 saturated heterocycles. The summed E-state index contributed by atoms with van der Waals surface area (Å²) in [5.74, 6) is 0.389. The Morgan fingerprint density at radius 3 is 2.58 bits per heavy atom. The van der Waals surface area contributed by atoms with Gasteiger partial charge in [-0.25, -0.2) is 0 Å². The Balaban J connectivity index is 2.05. The summed E-state index contributed by atoms with van der Waals surface area (Å²) in [5, 5.41) is 33.3. The zero-order valence-electron chi connectivity index (χ0n) is 16.0. The second kappa shape index (κ2) is 9.52. The monoisotopic (exact) mass is 388 g/mol. The van der Waals surface area contributed by atoms with E-state index in [9.17, 15) is 20.1 Å². The van der Waals surface area contributed by atoms with Crippen molar-refractivity contribution in [3.05, 3.63) is 11.8 Å². The van der Waals surface area contributed by atoms with Crippen LogP contribution in [-0.2, 0) is 9.53 Å². The largest absolute Gasteiger partial charge is 0.387 e. The average Bonchev–Trinajstić information content (AvgIpc) is 2.99. The molecule has 26 heavy (non-hydrogen) atoms. The second-order valence-corrected chi connectivity index (χ2v) is 8.15. The fourth-order valence-corrected chi connectivity index (χ4v) is 4.53. The number of thioether (sulfide) groups is 1. The first-order chi connectivity index (χ1) is 12.3. The Labute approximate surface area is 159 Å². The molecule has 2 rings (SSSR count). The van der Waals surface area contributed by atoms with Gasteiger partial charge in [-0.3, -0.25) is 9.69 Å². The van der Waals surface area contributed by atoms with Crippen molar-refractivity contribution < 1.29 is 24.9 Å². The van der Waals surface area contributed by atoms with Gasteiger partial charge in [0.25, 0.3) is 0 Å². The summed E-state index contributed by atoms with van der Waals surface area (Å²) in [7, 11) is 1.95. The molecule has 0 aromatic carbocycles. The van der Waals surface area contributed by atoms with Gasteiger partial charge in [0.2, 0.25) is 5.91 Å². The highest BCUT2D eigenvalue weighted by atomic mass is 32.2. The summed E-state index contributed by atoms with van der Waals surface area (Å²) in [6, 6.07) is -0.214. The van der Waals surface area contributed by atoms with E-state index >= 15 is 0 Å². The van der Waals surface area contributed by atoms with Crippen LogP contribution in [0.25, 0.3) is 0 Å². The van der Waals surface area contributed by atoms with E-state index in [0.717, 1.165) is 25.8 Å². The lowest BCUT2D eigenvalue weighted by Gasteiger charge is -2.41. The topological polar surface area (TPSA) is 102 Å². The number of hydrogen-bond donors (Lipinski definition) is 4. The highest BCUT2D eigenvalue weighted by Gasteiger charge is 2.45. The molecule has 7 atom stereocenters. The van der Waals surface area contributed by atoms with E-state index < -0.39 is 29.9 Å². The van der Waals surface area contributed by atoms with Gasteiger partial charge in [0.05, 0.1) is 6.04 Å². The van der Waals surface area contributed by atoms with Crippen LogP contribution in [-0.4, -0.2) is 81.9 Å². The zero-order chi connectivity index (χ0) is 19.4. The molecule has 8 heteroatoms. The van der Waals surface area contributed by atoms with Gasteiger partial charge in [-0.15, -0.1) is 11.8 Å². The first kappa shape index (κ1) is 21.7. The fourth-order valence-electron chi connectivity index (χ4n) is 3.86. The molecule has 2 fully saturated rings. The number of likely N-dealkylation sites (N-methyl/N-ethyl adjacent to an activating group) is 1. The number of carbonyl (C=O) groups excluding carboxylic acids is 1. The van der Waals surface area contributed by atoms with Crippen LogP contribution in [0, 0.1) is 5.92 Å². The summed E-state index contributed by atoms with van der Waals surface area (Å²) >= 11 is 1.25. The van der Waals surface area contributed by atoms with Crippen LogP contribution < -0.4 is 5.32 Å². The van der Waals surface area contributed by atoms with Crippen LogP contribution >= 0.6 is 11.8 Å². The number of amides is 1. The Kier molecular flexibility index (Phi) is 7.93. The number of rotatable bonds is 6. The maximum absolute atomic E-state index is 12.8. The molecule has 0 aromatic rings. The minimum absolute atomic E-state index is 0.128. The maximum Gasteiger partial charge on any atom is 0.241 e. The zero-order valence-corrected chi connectivity index (χ0v) is 16.8. The van der Waals surface area contributed by atoms with Crippen LogP contribution in [0.15, 0.2) is 11.8 Å². The molecule has 0 spiro atoms. The Bertz CT molecular complexity index is 516. The van der Waals surface area contributed by atoms with Crippen molar-refractivity contribution in [3.8, 4) is 0 Å². The standard InChI is InChI=1S/C18H32N2O5S/c1-5-7-10-8-12(20(3)9-10)17(24)19-11(6-2)16-14(22)13(21)15(23)18(25-16)26-4/h6,10,12-16,18,21-23H,5,7-9H2,1-4H3,(H,19,24)/b11-6+/t10-,12+,13-,14+,15+,16+,18+/m0/s1. The number of aliphatic hydroxyl groups is 3. The van der Waals surface area contributed by atoms with Crippen molar-refractivity contribution >= 4 is 17.7 Å². The van der Waals surface area contributed by atoms with E-state index in [-0.39, 0.29) is 11.9 Å². The van der Waals surface area contributed by atoms with Gasteiger partial charge in [0.15, 0.2) is 0 Å². The number of ether oxygens (including phenoxy) is 1. The van der Waals surface area contributed by atoms with Gasteiger partial charge in [-0.1, -0.05) is 19.4 Å². The second-order valence-electron chi connectivity index (χ2n) is 7.21. The summed E-state index contributed by atoms with van der Waals surface area (Å²) < 4.78 is 5.74. The summed E-state index contributed by atoms with van der Waals surface area (Å²) in [5.41, 5.74) is -0.256. The van der Waals surface area contributed by atoms with Gasteiger partial charge in [0, 0.05) is 12.2 Å². The Hall–Kier alpha value is -0.640. The van der Waals surface area contributed by atoms with Gasteiger partial charge in [-0.2, -0.15) is 0 Å². The number of aliphatic hydroxyl groups excluding tert-OH is 3. The molecule has 150 valence electrons. The molecule has 0 aliphatic carbocycles. The molecule has 0 radical (unpaired) electrons. The number of allylic oxidation sites excluding steroid dienone is 1. The van der Waals surface area contributed by atoms with E-state index in [1.54, 1.807) is 19.3 Å². The SMILES string of the molecule is C/C=C(/NC(=O)[C@H]1C[C@H](CCC)CN1C)[C@H]1O[C@H](SC)[C@H](O)[C@@H](O)[C@H]1O. The van der Waals surface area contributed by atoms with Crippen molar-refractivity contribution in [1.82, 2.24) is 10.2 Å². The van der Waals surface area contributed by atoms with Gasteiger partial charge in [-0.05, 0) is 39.0 Å². The minimum atomic E-state index is -1.33. The molecule has 2 heterocycles. The van der Waals surface area contributed by atoms with Gasteiger partial charge in [0.1, 0.15) is 29.9 Å². The van der Waals surface area contributed by atoms with Crippen molar-refractivity contribution in [3.63, 3.8) is 0 Å². The molecule has 2 aliphatic heterocycles. The van der Waals surface area contributed by atoms with Gasteiger partial charge < -0.3 is 25.4 Å². The third-order valence-corrected chi connectivity index (χ3v) is 6.18. The van der Waals surface area contributed by atoms with Crippen LogP contribution in [0.3, 0.4) is 0 Å². The molecule has 0 bridgehead atoms. The molecular formula is C18H32N2O5S.